The predicted molar refractivity (Wildman–Crippen MR) is 56.2 cm³/mol. The van der Waals surface area contributed by atoms with Crippen molar-refractivity contribution in [3.8, 4) is 0 Å². The zero-order valence-electron chi connectivity index (χ0n) is 9.29. The number of aliphatic hydroxyl groups excluding tert-OH is 1. The third kappa shape index (κ3) is 6.32. The highest BCUT2D eigenvalue weighted by Crippen LogP contribution is 2.20. The van der Waals surface area contributed by atoms with Gasteiger partial charge in [0, 0.05) is 25.7 Å². The smallest absolute Gasteiger partial charge is 0.0700 e. The van der Waals surface area contributed by atoms with E-state index in [-0.39, 0.29) is 12.0 Å². The summed E-state index contributed by atoms with van der Waals surface area (Å²) in [5.74, 6) is 0. The first-order chi connectivity index (χ1) is 6.68. The Labute approximate surface area is 86.4 Å². The molecule has 0 aromatic carbocycles. The van der Waals surface area contributed by atoms with Gasteiger partial charge in [-0.3, -0.25) is 0 Å². The van der Waals surface area contributed by atoms with E-state index in [1.165, 1.54) is 0 Å². The largest absolute Gasteiger partial charge is 0.396 e. The average Bonchev–Trinajstić information content (AvgIpc) is 2.23. The van der Waals surface area contributed by atoms with Gasteiger partial charge in [0.25, 0.3) is 0 Å². The molecule has 0 aliphatic carbocycles. The van der Waals surface area contributed by atoms with Gasteiger partial charge in [-0.05, 0) is 19.4 Å². The minimum atomic E-state index is -0.148. The van der Waals surface area contributed by atoms with E-state index >= 15 is 0 Å². The van der Waals surface area contributed by atoms with Crippen molar-refractivity contribution in [2.45, 2.75) is 19.8 Å². The summed E-state index contributed by atoms with van der Waals surface area (Å²) in [6.07, 6.45) is 1.82. The zero-order chi connectivity index (χ0) is 10.9. The molecule has 0 radical (unpaired) electrons. The third-order valence-electron chi connectivity index (χ3n) is 2.38. The molecular formula is C10H23NO3. The second-order valence-corrected chi connectivity index (χ2v) is 3.88. The molecule has 0 spiro atoms. The molecule has 0 fully saturated rings. The van der Waals surface area contributed by atoms with Crippen LogP contribution in [0.2, 0.25) is 0 Å². The van der Waals surface area contributed by atoms with Crippen molar-refractivity contribution in [3.63, 3.8) is 0 Å². The van der Waals surface area contributed by atoms with Gasteiger partial charge in [-0.15, -0.1) is 0 Å². The number of nitrogens with two attached hydrogens (primary N) is 1. The molecule has 1 unspecified atom stereocenters. The number of hydrogen-bond acceptors (Lipinski definition) is 4. The lowest BCUT2D eigenvalue weighted by molar-refractivity contribution is 0.0592. The number of ether oxygens (including phenoxy) is 2. The SMILES string of the molecule is COCCOCCCC(C)(CN)CO. The van der Waals surface area contributed by atoms with Gasteiger partial charge in [-0.1, -0.05) is 6.92 Å². The maximum atomic E-state index is 9.09. The van der Waals surface area contributed by atoms with Crippen LogP contribution >= 0.6 is 0 Å². The Hall–Kier alpha value is -0.160. The zero-order valence-corrected chi connectivity index (χ0v) is 9.29. The highest BCUT2D eigenvalue weighted by molar-refractivity contribution is 4.73. The lowest BCUT2D eigenvalue weighted by Crippen LogP contribution is -2.31. The maximum absolute atomic E-state index is 9.09. The van der Waals surface area contributed by atoms with E-state index in [0.717, 1.165) is 12.8 Å². The number of rotatable bonds is 9. The van der Waals surface area contributed by atoms with Gasteiger partial charge in [-0.2, -0.15) is 0 Å². The molecule has 0 bridgehead atoms. The fourth-order valence-electron chi connectivity index (χ4n) is 1.09. The van der Waals surface area contributed by atoms with Crippen LogP contribution in [0.1, 0.15) is 19.8 Å². The summed E-state index contributed by atoms with van der Waals surface area (Å²) in [4.78, 5) is 0. The van der Waals surface area contributed by atoms with E-state index < -0.39 is 0 Å². The van der Waals surface area contributed by atoms with Crippen molar-refractivity contribution in [1.29, 1.82) is 0 Å². The van der Waals surface area contributed by atoms with E-state index in [4.69, 9.17) is 20.3 Å². The molecule has 4 heteroatoms. The van der Waals surface area contributed by atoms with Crippen LogP contribution in [0.5, 0.6) is 0 Å². The van der Waals surface area contributed by atoms with Crippen LogP contribution in [0.3, 0.4) is 0 Å². The van der Waals surface area contributed by atoms with Crippen molar-refractivity contribution in [1.82, 2.24) is 0 Å². The van der Waals surface area contributed by atoms with Crippen molar-refractivity contribution in [3.05, 3.63) is 0 Å². The fraction of sp³-hybridized carbons (Fsp3) is 1.00. The standard InChI is InChI=1S/C10H23NO3/c1-10(8-11,9-12)4-3-5-14-7-6-13-2/h12H,3-9,11H2,1-2H3. The summed E-state index contributed by atoms with van der Waals surface area (Å²) in [7, 11) is 1.65. The topological polar surface area (TPSA) is 64.7 Å². The lowest BCUT2D eigenvalue weighted by Gasteiger charge is -2.24. The summed E-state index contributed by atoms with van der Waals surface area (Å²) in [5.41, 5.74) is 5.41. The van der Waals surface area contributed by atoms with Crippen molar-refractivity contribution >= 4 is 0 Å². The van der Waals surface area contributed by atoms with Crippen molar-refractivity contribution in [2.75, 3.05) is 40.1 Å². The Bertz CT molecular complexity index is 127. The normalized spacial score (nSPS) is 15.4. The molecule has 0 rings (SSSR count). The van der Waals surface area contributed by atoms with Crippen LogP contribution in [0.25, 0.3) is 0 Å². The van der Waals surface area contributed by atoms with Gasteiger partial charge in [0.15, 0.2) is 0 Å². The summed E-state index contributed by atoms with van der Waals surface area (Å²) < 4.78 is 10.2. The molecule has 86 valence electrons. The monoisotopic (exact) mass is 205 g/mol. The second kappa shape index (κ2) is 8.17. The number of methoxy groups -OCH3 is 1. The Morgan fingerprint density at radius 1 is 1.29 bits per heavy atom. The fourth-order valence-corrected chi connectivity index (χ4v) is 1.09. The van der Waals surface area contributed by atoms with Crippen LogP contribution < -0.4 is 5.73 Å². The van der Waals surface area contributed by atoms with E-state index in [0.29, 0.717) is 26.4 Å². The Morgan fingerprint density at radius 3 is 2.50 bits per heavy atom. The average molecular weight is 205 g/mol. The molecule has 0 aliphatic heterocycles. The van der Waals surface area contributed by atoms with Gasteiger partial charge in [-0.25, -0.2) is 0 Å². The molecule has 0 aromatic heterocycles. The molecule has 0 saturated carbocycles. The van der Waals surface area contributed by atoms with Crippen LogP contribution in [0, 0.1) is 5.41 Å². The molecule has 3 N–H and O–H groups in total. The first-order valence-electron chi connectivity index (χ1n) is 5.06. The van der Waals surface area contributed by atoms with Crippen molar-refractivity contribution < 1.29 is 14.6 Å². The van der Waals surface area contributed by atoms with Crippen LogP contribution in [0.15, 0.2) is 0 Å². The van der Waals surface area contributed by atoms with Gasteiger partial charge >= 0.3 is 0 Å². The molecule has 0 amide bonds. The summed E-state index contributed by atoms with van der Waals surface area (Å²) in [5, 5.41) is 9.09. The predicted octanol–water partition coefficient (Wildman–Crippen LogP) is 0.387. The highest BCUT2D eigenvalue weighted by atomic mass is 16.5. The summed E-state index contributed by atoms with van der Waals surface area (Å²) in [6.45, 7) is 4.62. The Balaban J connectivity index is 3.34. The summed E-state index contributed by atoms with van der Waals surface area (Å²) >= 11 is 0. The minimum absolute atomic E-state index is 0.140. The highest BCUT2D eigenvalue weighted by Gasteiger charge is 2.20. The van der Waals surface area contributed by atoms with E-state index in [1.54, 1.807) is 7.11 Å². The molecule has 14 heavy (non-hydrogen) atoms. The molecular weight excluding hydrogens is 182 g/mol. The second-order valence-electron chi connectivity index (χ2n) is 3.88. The molecule has 0 heterocycles. The van der Waals surface area contributed by atoms with Crippen LogP contribution in [-0.4, -0.2) is 45.2 Å². The van der Waals surface area contributed by atoms with Gasteiger partial charge in [0.05, 0.1) is 13.2 Å². The van der Waals surface area contributed by atoms with E-state index in [9.17, 15) is 0 Å². The lowest BCUT2D eigenvalue weighted by atomic mass is 9.87. The molecule has 1 atom stereocenters. The van der Waals surface area contributed by atoms with Crippen LogP contribution in [-0.2, 0) is 9.47 Å². The minimum Gasteiger partial charge on any atom is -0.396 e. The quantitative estimate of drug-likeness (QED) is 0.534. The van der Waals surface area contributed by atoms with Crippen molar-refractivity contribution in [2.24, 2.45) is 11.1 Å². The summed E-state index contributed by atoms with van der Waals surface area (Å²) in [6, 6.07) is 0. The number of aliphatic hydroxyl groups is 1. The van der Waals surface area contributed by atoms with Gasteiger partial charge in [0.1, 0.15) is 0 Å². The van der Waals surface area contributed by atoms with Gasteiger partial charge < -0.3 is 20.3 Å². The maximum Gasteiger partial charge on any atom is 0.0700 e. The Kier molecular flexibility index (Phi) is 8.08. The van der Waals surface area contributed by atoms with Gasteiger partial charge in [0.2, 0.25) is 0 Å². The molecule has 0 aliphatic rings. The molecule has 0 saturated heterocycles. The Morgan fingerprint density at radius 2 is 2.00 bits per heavy atom. The van der Waals surface area contributed by atoms with E-state index in [2.05, 4.69) is 0 Å². The first-order valence-corrected chi connectivity index (χ1v) is 5.06. The van der Waals surface area contributed by atoms with E-state index in [1.807, 2.05) is 6.92 Å². The molecule has 0 aromatic rings. The third-order valence-corrected chi connectivity index (χ3v) is 2.38. The number of hydrogen-bond donors (Lipinski definition) is 2. The molecule has 4 nitrogen and oxygen atoms in total. The van der Waals surface area contributed by atoms with Crippen LogP contribution in [0.4, 0.5) is 0 Å². The first kappa shape index (κ1) is 13.8.